The second-order valence-electron chi connectivity index (χ2n) is 8.03. The third-order valence-electron chi connectivity index (χ3n) is 6.06. The highest BCUT2D eigenvalue weighted by atomic mass is 32.1. The summed E-state index contributed by atoms with van der Waals surface area (Å²) in [7, 11) is 3.42. The molecule has 0 unspecified atom stereocenters. The Labute approximate surface area is 195 Å². The van der Waals surface area contributed by atoms with E-state index in [1.165, 1.54) is 17.0 Å². The summed E-state index contributed by atoms with van der Waals surface area (Å²) in [5.41, 5.74) is 5.72. The van der Waals surface area contributed by atoms with Crippen molar-refractivity contribution in [3.05, 3.63) is 77.4 Å². The van der Waals surface area contributed by atoms with Crippen LogP contribution in [0.3, 0.4) is 0 Å². The molecule has 1 aromatic carbocycles. The Balaban J connectivity index is 1.76. The molecule has 0 bridgehead atoms. The van der Waals surface area contributed by atoms with Gasteiger partial charge in [-0.3, -0.25) is 4.98 Å². The molecule has 32 heavy (non-hydrogen) atoms. The highest BCUT2D eigenvalue weighted by Gasteiger charge is 2.41. The van der Waals surface area contributed by atoms with Crippen molar-refractivity contribution in [1.82, 2.24) is 19.8 Å². The number of rotatable bonds is 8. The maximum atomic E-state index is 5.77. The lowest BCUT2D eigenvalue weighted by atomic mass is 9.96. The molecule has 6 nitrogen and oxygen atoms in total. The molecule has 0 spiro atoms. The number of pyridine rings is 1. The van der Waals surface area contributed by atoms with E-state index in [4.69, 9.17) is 21.7 Å². The zero-order valence-electron chi connectivity index (χ0n) is 19.0. The summed E-state index contributed by atoms with van der Waals surface area (Å²) in [5, 5.41) is 4.29. The van der Waals surface area contributed by atoms with Gasteiger partial charge in [-0.2, -0.15) is 0 Å². The number of nitrogens with one attached hydrogen (secondary N) is 1. The summed E-state index contributed by atoms with van der Waals surface area (Å²) >= 11 is 5.77. The van der Waals surface area contributed by atoms with Crippen LogP contribution < -0.4 is 10.1 Å². The lowest BCUT2D eigenvalue weighted by Gasteiger charge is -2.28. The first kappa shape index (κ1) is 22.3. The van der Waals surface area contributed by atoms with Crippen molar-refractivity contribution in [2.45, 2.75) is 32.4 Å². The Bertz CT molecular complexity index is 1070. The van der Waals surface area contributed by atoms with Crippen LogP contribution in [-0.2, 0) is 4.74 Å². The minimum absolute atomic E-state index is 0.0175. The largest absolute Gasteiger partial charge is 0.497 e. The Morgan fingerprint density at radius 2 is 1.88 bits per heavy atom. The van der Waals surface area contributed by atoms with E-state index in [0.29, 0.717) is 6.61 Å². The van der Waals surface area contributed by atoms with Gasteiger partial charge in [-0.15, -0.1) is 0 Å². The molecule has 2 atom stereocenters. The highest BCUT2D eigenvalue weighted by molar-refractivity contribution is 7.80. The average molecular weight is 451 g/mol. The maximum Gasteiger partial charge on any atom is 0.170 e. The molecule has 1 N–H and O–H groups in total. The van der Waals surface area contributed by atoms with Crippen molar-refractivity contribution in [3.8, 4) is 11.4 Å². The number of methoxy groups -OCH3 is 2. The summed E-state index contributed by atoms with van der Waals surface area (Å²) in [6, 6.07) is 16.5. The van der Waals surface area contributed by atoms with E-state index >= 15 is 0 Å². The van der Waals surface area contributed by atoms with E-state index < -0.39 is 0 Å². The molecule has 1 saturated heterocycles. The maximum absolute atomic E-state index is 5.77. The second kappa shape index (κ2) is 9.71. The van der Waals surface area contributed by atoms with Gasteiger partial charge in [0.1, 0.15) is 5.75 Å². The van der Waals surface area contributed by atoms with Crippen molar-refractivity contribution in [1.29, 1.82) is 0 Å². The van der Waals surface area contributed by atoms with Crippen LogP contribution in [0.4, 0.5) is 0 Å². The molecule has 168 valence electrons. The van der Waals surface area contributed by atoms with Gasteiger partial charge in [-0.05, 0) is 80.5 Å². The fraction of sp³-hybridized carbons (Fsp3) is 0.360. The molecule has 3 heterocycles. The first-order chi connectivity index (χ1) is 15.5. The number of hydrogen-bond acceptors (Lipinski definition) is 4. The second-order valence-corrected chi connectivity index (χ2v) is 8.41. The molecule has 0 saturated carbocycles. The predicted octanol–water partition coefficient (Wildman–Crippen LogP) is 4.51. The number of benzene rings is 1. The van der Waals surface area contributed by atoms with E-state index in [1.54, 1.807) is 14.2 Å². The first-order valence-corrected chi connectivity index (χ1v) is 11.3. The lowest BCUT2D eigenvalue weighted by molar-refractivity contribution is 0.180. The van der Waals surface area contributed by atoms with Gasteiger partial charge in [0.25, 0.3) is 0 Å². The van der Waals surface area contributed by atoms with Crippen LogP contribution >= 0.6 is 12.2 Å². The van der Waals surface area contributed by atoms with Crippen LogP contribution in [0.1, 0.15) is 41.1 Å². The van der Waals surface area contributed by atoms with Crippen LogP contribution in [0.5, 0.6) is 5.75 Å². The number of hydrogen-bond donors (Lipinski definition) is 1. The van der Waals surface area contributed by atoms with Gasteiger partial charge < -0.3 is 24.3 Å². The van der Waals surface area contributed by atoms with Gasteiger partial charge in [-0.25, -0.2) is 0 Å². The third-order valence-corrected chi connectivity index (χ3v) is 6.42. The molecule has 0 aliphatic carbocycles. The molecule has 7 heteroatoms. The molecule has 1 aliphatic rings. The molecule has 0 radical (unpaired) electrons. The molecular formula is C25H30N4O2S. The van der Waals surface area contributed by atoms with Gasteiger partial charge in [0, 0.05) is 43.5 Å². The Morgan fingerprint density at radius 3 is 2.53 bits per heavy atom. The van der Waals surface area contributed by atoms with E-state index in [-0.39, 0.29) is 12.1 Å². The molecule has 1 fully saturated rings. The molecular weight excluding hydrogens is 420 g/mol. The highest BCUT2D eigenvalue weighted by Crippen LogP contribution is 2.41. The van der Waals surface area contributed by atoms with Gasteiger partial charge in [0.2, 0.25) is 0 Å². The van der Waals surface area contributed by atoms with Crippen LogP contribution in [0.25, 0.3) is 5.69 Å². The van der Waals surface area contributed by atoms with Crippen LogP contribution in [0, 0.1) is 13.8 Å². The normalized spacial score (nSPS) is 18.1. The van der Waals surface area contributed by atoms with Crippen LogP contribution in [0.2, 0.25) is 0 Å². The predicted molar refractivity (Wildman–Crippen MR) is 130 cm³/mol. The number of aromatic nitrogens is 2. The third kappa shape index (κ3) is 4.23. The molecule has 4 rings (SSSR count). The zero-order valence-corrected chi connectivity index (χ0v) is 19.9. The van der Waals surface area contributed by atoms with Gasteiger partial charge in [0.15, 0.2) is 5.11 Å². The van der Waals surface area contributed by atoms with E-state index in [1.807, 2.05) is 30.5 Å². The van der Waals surface area contributed by atoms with Gasteiger partial charge in [-0.1, -0.05) is 6.07 Å². The van der Waals surface area contributed by atoms with Crippen LogP contribution in [-0.4, -0.2) is 46.9 Å². The molecule has 2 aromatic heterocycles. The van der Waals surface area contributed by atoms with Crippen LogP contribution in [0.15, 0.2) is 54.7 Å². The number of aryl methyl sites for hydroxylation is 1. The molecule has 3 aromatic rings. The number of thiocarbonyl (C=S) groups is 1. The fourth-order valence-electron chi connectivity index (χ4n) is 4.58. The zero-order chi connectivity index (χ0) is 22.7. The number of ether oxygens (including phenoxy) is 2. The quantitative estimate of drug-likeness (QED) is 0.403. The monoisotopic (exact) mass is 450 g/mol. The summed E-state index contributed by atoms with van der Waals surface area (Å²) in [5.74, 6) is 0.848. The lowest BCUT2D eigenvalue weighted by Crippen LogP contribution is -2.31. The van der Waals surface area contributed by atoms with E-state index in [9.17, 15) is 0 Å². The standard InChI is InChI=1S/C25H30N4O2S/c1-17-16-21(18(2)29(17)19-9-11-20(31-4)12-10-19)24-23(22-8-5-6-13-26-22)27-25(32)28(24)14-7-15-30-3/h5-6,8-13,16,23-24H,7,14-15H2,1-4H3,(H,27,32)/t23-,24+/m1/s1. The fourth-order valence-corrected chi connectivity index (χ4v) is 4.91. The van der Waals surface area contributed by atoms with Gasteiger partial charge in [0.05, 0.1) is 24.9 Å². The Hall–Kier alpha value is -2.90. The van der Waals surface area contributed by atoms with Gasteiger partial charge >= 0.3 is 0 Å². The minimum atomic E-state index is -0.0175. The van der Waals surface area contributed by atoms with Crippen molar-refractivity contribution in [2.75, 3.05) is 27.4 Å². The molecule has 1 aliphatic heterocycles. The van der Waals surface area contributed by atoms with Crippen molar-refractivity contribution >= 4 is 17.3 Å². The molecule has 0 amide bonds. The van der Waals surface area contributed by atoms with Crippen molar-refractivity contribution < 1.29 is 9.47 Å². The average Bonchev–Trinajstić information content (AvgIpc) is 3.29. The topological polar surface area (TPSA) is 51.5 Å². The summed E-state index contributed by atoms with van der Waals surface area (Å²) in [6.45, 7) is 5.84. The first-order valence-electron chi connectivity index (χ1n) is 10.9. The van der Waals surface area contributed by atoms with Crippen molar-refractivity contribution in [2.24, 2.45) is 0 Å². The Kier molecular flexibility index (Phi) is 6.77. The minimum Gasteiger partial charge on any atom is -0.497 e. The smallest absolute Gasteiger partial charge is 0.170 e. The number of nitrogens with zero attached hydrogens (tertiary/aromatic N) is 3. The van der Waals surface area contributed by atoms with Crippen molar-refractivity contribution in [3.63, 3.8) is 0 Å². The SMILES string of the molecule is COCCCN1C(=S)N[C@H](c2ccccn2)[C@@H]1c1cc(C)n(-c2ccc(OC)cc2)c1C. The Morgan fingerprint density at radius 1 is 1.09 bits per heavy atom. The van der Waals surface area contributed by atoms with E-state index in [2.05, 4.69) is 57.9 Å². The summed E-state index contributed by atoms with van der Waals surface area (Å²) in [4.78, 5) is 6.93. The van der Waals surface area contributed by atoms with E-state index in [0.717, 1.165) is 35.2 Å². The summed E-state index contributed by atoms with van der Waals surface area (Å²) < 4.78 is 12.9. The summed E-state index contributed by atoms with van der Waals surface area (Å²) in [6.07, 6.45) is 2.74.